The Labute approximate surface area is 124 Å². The average Bonchev–Trinajstić information content (AvgIpc) is 3.13. The van der Waals surface area contributed by atoms with Gasteiger partial charge in [0.25, 0.3) is 0 Å². The predicted molar refractivity (Wildman–Crippen MR) is 83.0 cm³/mol. The largest absolute Gasteiger partial charge is 0.375 e. The smallest absolute Gasteiger partial charge is 0.0730 e. The molecule has 3 unspecified atom stereocenters. The normalized spacial score (nSPS) is 33.9. The van der Waals surface area contributed by atoms with Crippen LogP contribution in [0.25, 0.3) is 0 Å². The molecule has 3 atom stereocenters. The maximum Gasteiger partial charge on any atom is 0.0730 e. The van der Waals surface area contributed by atoms with E-state index in [0.717, 1.165) is 19.2 Å². The van der Waals surface area contributed by atoms with Gasteiger partial charge in [0, 0.05) is 31.7 Å². The first-order valence-electron chi connectivity index (χ1n) is 8.79. The fraction of sp³-hybridized carbons (Fsp3) is 1.00. The van der Waals surface area contributed by atoms with Crippen LogP contribution in [0, 0.1) is 5.41 Å². The number of hydrogen-bond donors (Lipinski definition) is 1. The number of ether oxygens (including phenoxy) is 1. The monoisotopic (exact) mass is 280 g/mol. The van der Waals surface area contributed by atoms with Crippen LogP contribution in [0.2, 0.25) is 0 Å². The Morgan fingerprint density at radius 1 is 1.25 bits per heavy atom. The van der Waals surface area contributed by atoms with Crippen molar-refractivity contribution in [2.75, 3.05) is 26.2 Å². The van der Waals surface area contributed by atoms with Gasteiger partial charge in [-0.25, -0.2) is 0 Å². The zero-order valence-corrected chi connectivity index (χ0v) is 13.4. The van der Waals surface area contributed by atoms with Gasteiger partial charge < -0.3 is 10.1 Å². The molecule has 2 saturated carbocycles. The first-order valence-corrected chi connectivity index (χ1v) is 8.79. The molecule has 3 nitrogen and oxygen atoms in total. The molecule has 3 rings (SSSR count). The van der Waals surface area contributed by atoms with Crippen molar-refractivity contribution in [3.63, 3.8) is 0 Å². The molecule has 0 aromatic rings. The molecule has 116 valence electrons. The molecule has 1 N–H and O–H groups in total. The van der Waals surface area contributed by atoms with Crippen molar-refractivity contribution in [1.82, 2.24) is 10.2 Å². The minimum absolute atomic E-state index is 0.432. The Kier molecular flexibility index (Phi) is 4.68. The summed E-state index contributed by atoms with van der Waals surface area (Å²) in [5, 5.41) is 3.77. The molecule has 3 aliphatic rings. The van der Waals surface area contributed by atoms with Crippen LogP contribution in [0.3, 0.4) is 0 Å². The second kappa shape index (κ2) is 6.33. The minimum atomic E-state index is 0.432. The fourth-order valence-corrected chi connectivity index (χ4v) is 4.20. The molecule has 0 amide bonds. The van der Waals surface area contributed by atoms with Gasteiger partial charge in [0.15, 0.2) is 0 Å². The van der Waals surface area contributed by atoms with E-state index in [4.69, 9.17) is 4.74 Å². The Hall–Kier alpha value is -0.120. The lowest BCUT2D eigenvalue weighted by Crippen LogP contribution is -2.53. The summed E-state index contributed by atoms with van der Waals surface area (Å²) in [6, 6.07) is 1.54. The summed E-state index contributed by atoms with van der Waals surface area (Å²) in [5.74, 6) is 0. The lowest BCUT2D eigenvalue weighted by Gasteiger charge is -2.43. The summed E-state index contributed by atoms with van der Waals surface area (Å²) in [6.07, 6.45) is 9.94. The van der Waals surface area contributed by atoms with Gasteiger partial charge in [0.05, 0.1) is 12.7 Å². The third kappa shape index (κ3) is 3.55. The summed E-state index contributed by atoms with van der Waals surface area (Å²) in [5.41, 5.74) is 0.432. The molecule has 0 aromatic carbocycles. The molecule has 1 saturated heterocycles. The van der Waals surface area contributed by atoms with E-state index in [2.05, 4.69) is 24.1 Å². The molecule has 0 spiro atoms. The molecule has 1 aliphatic heterocycles. The van der Waals surface area contributed by atoms with Gasteiger partial charge in [-0.1, -0.05) is 20.3 Å². The van der Waals surface area contributed by atoms with E-state index in [1.807, 2.05) is 0 Å². The highest BCUT2D eigenvalue weighted by Crippen LogP contribution is 2.34. The van der Waals surface area contributed by atoms with Crippen LogP contribution in [-0.2, 0) is 4.74 Å². The molecule has 20 heavy (non-hydrogen) atoms. The quantitative estimate of drug-likeness (QED) is 0.776. The first-order chi connectivity index (χ1) is 9.70. The van der Waals surface area contributed by atoms with Crippen LogP contribution in [0.15, 0.2) is 0 Å². The third-order valence-corrected chi connectivity index (χ3v) is 5.43. The highest BCUT2D eigenvalue weighted by Gasteiger charge is 2.39. The summed E-state index contributed by atoms with van der Waals surface area (Å²) in [7, 11) is 0. The van der Waals surface area contributed by atoms with Gasteiger partial charge in [0.2, 0.25) is 0 Å². The molecular weight excluding hydrogens is 248 g/mol. The van der Waals surface area contributed by atoms with Gasteiger partial charge in [-0.05, 0) is 43.9 Å². The summed E-state index contributed by atoms with van der Waals surface area (Å²) >= 11 is 0. The van der Waals surface area contributed by atoms with Crippen molar-refractivity contribution in [2.45, 2.75) is 77.0 Å². The zero-order chi connectivity index (χ0) is 14.0. The lowest BCUT2D eigenvalue weighted by atomic mass is 9.84. The molecule has 3 fully saturated rings. The van der Waals surface area contributed by atoms with E-state index in [9.17, 15) is 0 Å². The molecule has 3 heteroatoms. The van der Waals surface area contributed by atoms with E-state index in [-0.39, 0.29) is 0 Å². The fourth-order valence-electron chi connectivity index (χ4n) is 4.20. The third-order valence-electron chi connectivity index (χ3n) is 5.43. The van der Waals surface area contributed by atoms with Crippen molar-refractivity contribution >= 4 is 0 Å². The highest BCUT2D eigenvalue weighted by atomic mass is 16.5. The minimum Gasteiger partial charge on any atom is -0.375 e. The van der Waals surface area contributed by atoms with Crippen LogP contribution in [-0.4, -0.2) is 49.3 Å². The highest BCUT2D eigenvalue weighted by molar-refractivity contribution is 4.93. The van der Waals surface area contributed by atoms with Crippen molar-refractivity contribution in [1.29, 1.82) is 0 Å². The molecule has 0 radical (unpaired) electrons. The summed E-state index contributed by atoms with van der Waals surface area (Å²) < 4.78 is 5.96. The van der Waals surface area contributed by atoms with Gasteiger partial charge in [-0.3, -0.25) is 4.90 Å². The molecule has 0 aromatic heterocycles. The predicted octanol–water partition coefficient (Wildman–Crippen LogP) is 2.80. The van der Waals surface area contributed by atoms with E-state index in [1.165, 1.54) is 58.0 Å². The van der Waals surface area contributed by atoms with Crippen LogP contribution in [0.5, 0.6) is 0 Å². The number of morpholine rings is 1. The van der Waals surface area contributed by atoms with E-state index >= 15 is 0 Å². The zero-order valence-electron chi connectivity index (χ0n) is 13.4. The van der Waals surface area contributed by atoms with Gasteiger partial charge >= 0.3 is 0 Å². The maximum absolute atomic E-state index is 5.96. The number of rotatable bonds is 7. The Bertz CT molecular complexity index is 318. The molecular formula is C17H32N2O. The Morgan fingerprint density at radius 2 is 2.10 bits per heavy atom. The van der Waals surface area contributed by atoms with Crippen molar-refractivity contribution in [3.05, 3.63) is 0 Å². The Morgan fingerprint density at radius 3 is 2.85 bits per heavy atom. The number of nitrogens with zero attached hydrogens (tertiary/aromatic N) is 1. The van der Waals surface area contributed by atoms with Crippen LogP contribution in [0.4, 0.5) is 0 Å². The number of hydrogen-bond acceptors (Lipinski definition) is 3. The Balaban J connectivity index is 1.58. The average molecular weight is 280 g/mol. The topological polar surface area (TPSA) is 24.5 Å². The number of fused-ring (bicyclic) bond motifs is 1. The van der Waals surface area contributed by atoms with Gasteiger partial charge in [0.1, 0.15) is 0 Å². The SMILES string of the molecule is CCCC(C)(CNC1CC1)CN1CCOC2CCCC21. The number of nitrogens with one attached hydrogen (secondary N) is 1. The first kappa shape index (κ1) is 14.8. The van der Waals surface area contributed by atoms with E-state index in [0.29, 0.717) is 17.6 Å². The van der Waals surface area contributed by atoms with E-state index in [1.54, 1.807) is 0 Å². The standard InChI is InChI=1S/C17H32N2O/c1-3-9-17(2,12-18-14-7-8-14)13-19-10-11-20-16-6-4-5-15(16)19/h14-16,18H,3-13H2,1-2H3. The molecule has 0 bridgehead atoms. The van der Waals surface area contributed by atoms with Gasteiger partial charge in [-0.15, -0.1) is 0 Å². The second-order valence-electron chi connectivity index (χ2n) is 7.59. The molecule has 1 heterocycles. The van der Waals surface area contributed by atoms with Gasteiger partial charge in [-0.2, -0.15) is 0 Å². The van der Waals surface area contributed by atoms with Crippen LogP contribution >= 0.6 is 0 Å². The maximum atomic E-state index is 5.96. The lowest BCUT2D eigenvalue weighted by molar-refractivity contribution is -0.0679. The van der Waals surface area contributed by atoms with E-state index < -0.39 is 0 Å². The second-order valence-corrected chi connectivity index (χ2v) is 7.59. The van der Waals surface area contributed by atoms with Crippen molar-refractivity contribution in [2.24, 2.45) is 5.41 Å². The molecule has 2 aliphatic carbocycles. The van der Waals surface area contributed by atoms with Crippen molar-refractivity contribution < 1.29 is 4.74 Å². The van der Waals surface area contributed by atoms with Crippen LogP contribution in [0.1, 0.15) is 58.8 Å². The summed E-state index contributed by atoms with van der Waals surface area (Å²) in [6.45, 7) is 9.35. The van der Waals surface area contributed by atoms with Crippen molar-refractivity contribution in [3.8, 4) is 0 Å². The summed E-state index contributed by atoms with van der Waals surface area (Å²) in [4.78, 5) is 2.76. The van der Waals surface area contributed by atoms with Crippen LogP contribution < -0.4 is 5.32 Å².